The van der Waals surface area contributed by atoms with Gasteiger partial charge in [-0.05, 0) is 62.7 Å². The summed E-state index contributed by atoms with van der Waals surface area (Å²) in [6.07, 6.45) is 16.6. The van der Waals surface area contributed by atoms with Gasteiger partial charge < -0.3 is 0 Å². The summed E-state index contributed by atoms with van der Waals surface area (Å²) in [6.45, 7) is 10.9. The van der Waals surface area contributed by atoms with Gasteiger partial charge in [0.2, 0.25) is 0 Å². The lowest BCUT2D eigenvalue weighted by Gasteiger charge is -2.32. The lowest BCUT2D eigenvalue weighted by Crippen LogP contribution is -2.19. The molecule has 0 heterocycles. The Kier molecular flexibility index (Phi) is 6.61. The first-order valence-corrected chi connectivity index (χ1v) is 7.72. The van der Waals surface area contributed by atoms with Crippen LogP contribution in [0.2, 0.25) is 0 Å². The van der Waals surface area contributed by atoms with Crippen molar-refractivity contribution in [2.24, 2.45) is 5.41 Å². The standard InChI is InChI=1S/C20H28O/c1-16(8-6-9-17(2)13-15-21)11-12-19-18(3)10-7-14-20(19,4)5/h6,8-9,11-13,15H,7,10,14H2,1-5H3/b9-6-,12-11+,16-8+,17-13+/i4+1,11+1/t20-/m1/s1. The van der Waals surface area contributed by atoms with E-state index in [4.69, 9.17) is 0 Å². The van der Waals surface area contributed by atoms with Crippen molar-refractivity contribution in [2.75, 3.05) is 0 Å². The normalized spacial score (nSPS) is 25.2. The molecule has 0 fully saturated rings. The summed E-state index contributed by atoms with van der Waals surface area (Å²) in [5.74, 6) is 0. The van der Waals surface area contributed by atoms with E-state index < -0.39 is 0 Å². The molecule has 0 amide bonds. The van der Waals surface area contributed by atoms with Crippen molar-refractivity contribution in [1.82, 2.24) is 0 Å². The fraction of sp³-hybridized carbons (Fsp3) is 0.450. The minimum Gasteiger partial charge on any atom is -0.299 e. The van der Waals surface area contributed by atoms with Crippen LogP contribution in [0.25, 0.3) is 0 Å². The molecule has 0 radical (unpaired) electrons. The minimum atomic E-state index is 0.290. The molecule has 1 rings (SSSR count). The van der Waals surface area contributed by atoms with Crippen LogP contribution in [0.3, 0.4) is 0 Å². The van der Waals surface area contributed by atoms with Crippen LogP contribution >= 0.6 is 0 Å². The van der Waals surface area contributed by atoms with Crippen molar-refractivity contribution in [2.45, 2.75) is 53.9 Å². The molecule has 0 N–H and O–H groups in total. The van der Waals surface area contributed by atoms with Crippen LogP contribution in [-0.2, 0) is 4.79 Å². The van der Waals surface area contributed by atoms with Crippen LogP contribution in [0, 0.1) is 5.41 Å². The average Bonchev–Trinajstić information content (AvgIpc) is 2.37. The Morgan fingerprint density at radius 2 is 1.76 bits per heavy atom. The van der Waals surface area contributed by atoms with E-state index in [1.807, 2.05) is 19.1 Å². The summed E-state index contributed by atoms with van der Waals surface area (Å²) >= 11 is 0. The Balaban J connectivity index is 2.80. The molecule has 0 bridgehead atoms. The third kappa shape index (κ3) is 5.71. The second-order valence-corrected chi connectivity index (χ2v) is 6.58. The van der Waals surface area contributed by atoms with Gasteiger partial charge in [0.25, 0.3) is 0 Å². The first-order chi connectivity index (χ1) is 9.86. The van der Waals surface area contributed by atoms with Crippen molar-refractivity contribution < 1.29 is 4.79 Å². The number of carbonyl (C=O) groups is 1. The van der Waals surface area contributed by atoms with Crippen LogP contribution in [0.15, 0.2) is 58.7 Å². The summed E-state index contributed by atoms with van der Waals surface area (Å²) in [7, 11) is 0. The van der Waals surface area contributed by atoms with E-state index >= 15 is 0 Å². The highest BCUT2D eigenvalue weighted by Gasteiger charge is 2.26. The first-order valence-electron chi connectivity index (χ1n) is 7.72. The van der Waals surface area contributed by atoms with Gasteiger partial charge in [-0.1, -0.05) is 55.4 Å². The predicted molar refractivity (Wildman–Crippen MR) is 92.2 cm³/mol. The van der Waals surface area contributed by atoms with Gasteiger partial charge in [-0.3, -0.25) is 4.79 Å². The molecule has 114 valence electrons. The van der Waals surface area contributed by atoms with E-state index in [9.17, 15) is 4.79 Å². The predicted octanol–water partition coefficient (Wildman–Crippen LogP) is 5.72. The molecule has 0 saturated heterocycles. The van der Waals surface area contributed by atoms with Gasteiger partial charge in [-0.2, -0.15) is 0 Å². The molecule has 0 aromatic rings. The number of hydrogen-bond acceptors (Lipinski definition) is 1. The molecule has 1 aliphatic carbocycles. The van der Waals surface area contributed by atoms with Crippen molar-refractivity contribution >= 4 is 6.29 Å². The molecule has 0 aliphatic heterocycles. The maximum Gasteiger partial charge on any atom is 0.143 e. The average molecular weight is 286 g/mol. The molecule has 1 atom stereocenters. The van der Waals surface area contributed by atoms with Gasteiger partial charge >= 0.3 is 0 Å². The van der Waals surface area contributed by atoms with Crippen LogP contribution in [0.5, 0.6) is 0 Å². The Morgan fingerprint density at radius 3 is 2.38 bits per heavy atom. The summed E-state index contributed by atoms with van der Waals surface area (Å²) in [5.41, 5.74) is 5.48. The summed E-state index contributed by atoms with van der Waals surface area (Å²) in [5, 5.41) is 0. The quantitative estimate of drug-likeness (QED) is 0.273. The SMILES string of the molecule is CC1=C(/C=[13CH]/C(C)=C/C=C\C(C)=C\C=O)[C@@](C)([13CH3])CCC1. The molecule has 0 saturated carbocycles. The Hall–Kier alpha value is -1.63. The van der Waals surface area contributed by atoms with E-state index in [-0.39, 0.29) is 5.41 Å². The molecule has 0 aromatic carbocycles. The first kappa shape index (κ1) is 17.4. The third-order valence-corrected chi connectivity index (χ3v) is 4.10. The van der Waals surface area contributed by atoms with Crippen LogP contribution in [-0.4, -0.2) is 6.29 Å². The van der Waals surface area contributed by atoms with Gasteiger partial charge in [0.1, 0.15) is 6.29 Å². The monoisotopic (exact) mass is 286 g/mol. The van der Waals surface area contributed by atoms with Crippen LogP contribution in [0.4, 0.5) is 0 Å². The van der Waals surface area contributed by atoms with Gasteiger partial charge in [0, 0.05) is 0 Å². The highest BCUT2D eigenvalue weighted by Crippen LogP contribution is 2.40. The second-order valence-electron chi connectivity index (χ2n) is 6.58. The number of hydrogen-bond donors (Lipinski definition) is 0. The van der Waals surface area contributed by atoms with Gasteiger partial charge in [0.05, 0.1) is 0 Å². The highest BCUT2D eigenvalue weighted by atomic mass is 16.1. The molecule has 0 spiro atoms. The highest BCUT2D eigenvalue weighted by molar-refractivity contribution is 5.66. The Bertz CT molecular complexity index is 522. The van der Waals surface area contributed by atoms with E-state index in [0.717, 1.165) is 11.9 Å². The number of allylic oxidation sites excluding steroid dienone is 10. The van der Waals surface area contributed by atoms with E-state index in [2.05, 4.69) is 45.9 Å². The zero-order valence-electron chi connectivity index (χ0n) is 14.1. The molecular weight excluding hydrogens is 258 g/mol. The Morgan fingerprint density at radius 1 is 1.10 bits per heavy atom. The zero-order valence-corrected chi connectivity index (χ0v) is 14.1. The number of rotatable bonds is 5. The fourth-order valence-corrected chi connectivity index (χ4v) is 2.80. The lowest BCUT2D eigenvalue weighted by atomic mass is 9.77. The molecule has 1 aliphatic rings. The molecule has 21 heavy (non-hydrogen) atoms. The van der Waals surface area contributed by atoms with Crippen molar-refractivity contribution in [1.29, 1.82) is 0 Å². The molecule has 0 unspecified atom stereocenters. The largest absolute Gasteiger partial charge is 0.299 e. The van der Waals surface area contributed by atoms with Gasteiger partial charge in [-0.25, -0.2) is 0 Å². The zero-order chi connectivity index (χ0) is 15.9. The van der Waals surface area contributed by atoms with Crippen molar-refractivity contribution in [3.63, 3.8) is 0 Å². The maximum absolute atomic E-state index is 10.3. The maximum atomic E-state index is 10.3. The molecule has 1 heteroatoms. The number of carbonyl (C=O) groups excluding carboxylic acids is 1. The molecule has 1 nitrogen and oxygen atoms in total. The summed E-state index contributed by atoms with van der Waals surface area (Å²) in [6, 6.07) is 0. The van der Waals surface area contributed by atoms with Crippen LogP contribution in [0.1, 0.15) is 53.9 Å². The number of aldehydes is 1. The molecule has 0 aromatic heterocycles. The van der Waals surface area contributed by atoms with E-state index in [1.165, 1.54) is 36.0 Å². The summed E-state index contributed by atoms with van der Waals surface area (Å²) in [4.78, 5) is 10.3. The summed E-state index contributed by atoms with van der Waals surface area (Å²) < 4.78 is 0. The third-order valence-electron chi connectivity index (χ3n) is 4.10. The second kappa shape index (κ2) is 7.97. The smallest absolute Gasteiger partial charge is 0.143 e. The fourth-order valence-electron chi connectivity index (χ4n) is 2.80. The van der Waals surface area contributed by atoms with Crippen molar-refractivity contribution in [3.8, 4) is 0 Å². The van der Waals surface area contributed by atoms with E-state index in [0.29, 0.717) is 0 Å². The van der Waals surface area contributed by atoms with Crippen LogP contribution < -0.4 is 0 Å². The minimum absolute atomic E-state index is 0.290. The van der Waals surface area contributed by atoms with E-state index in [1.54, 1.807) is 6.08 Å². The lowest BCUT2D eigenvalue weighted by molar-refractivity contribution is -0.104. The van der Waals surface area contributed by atoms with Gasteiger partial charge in [-0.15, -0.1) is 0 Å². The topological polar surface area (TPSA) is 17.1 Å². The van der Waals surface area contributed by atoms with Gasteiger partial charge in [0.15, 0.2) is 0 Å². The molecular formula is C20H28O. The van der Waals surface area contributed by atoms with Crippen molar-refractivity contribution in [3.05, 3.63) is 58.7 Å². The Labute approximate surface area is 129 Å².